The zero-order valence-corrected chi connectivity index (χ0v) is 7.72. The van der Waals surface area contributed by atoms with E-state index in [9.17, 15) is 4.79 Å². The van der Waals surface area contributed by atoms with Crippen LogP contribution in [0.25, 0.3) is 0 Å². The summed E-state index contributed by atoms with van der Waals surface area (Å²) in [6.45, 7) is 0. The van der Waals surface area contributed by atoms with Crippen LogP contribution >= 0.6 is 0 Å². The lowest BCUT2D eigenvalue weighted by molar-refractivity contribution is -0.130. The quantitative estimate of drug-likeness (QED) is 0.616. The third-order valence-electron chi connectivity index (χ3n) is 3.52. The standard InChI is InChI=1S/C11H18O/c12-11(10-7-4-8-10)9-5-2-1-3-6-9/h9-10H,1-8H2. The van der Waals surface area contributed by atoms with Gasteiger partial charge in [0, 0.05) is 11.8 Å². The molecular formula is C11H18O. The van der Waals surface area contributed by atoms with E-state index in [2.05, 4.69) is 0 Å². The highest BCUT2D eigenvalue weighted by Gasteiger charge is 2.31. The van der Waals surface area contributed by atoms with Gasteiger partial charge in [0.25, 0.3) is 0 Å². The number of Topliss-reactive ketones (excluding diaryl/α,β-unsaturated/α-hetero) is 1. The minimum absolute atomic E-state index is 0.462. The Kier molecular flexibility index (Phi) is 2.48. The first-order chi connectivity index (χ1) is 5.88. The largest absolute Gasteiger partial charge is 0.299 e. The fourth-order valence-electron chi connectivity index (χ4n) is 2.41. The summed E-state index contributed by atoms with van der Waals surface area (Å²) < 4.78 is 0. The lowest BCUT2D eigenvalue weighted by atomic mass is 9.74. The molecule has 0 heterocycles. The van der Waals surface area contributed by atoms with Gasteiger partial charge in [-0.05, 0) is 25.7 Å². The molecule has 0 unspecified atom stereocenters. The second-order valence-corrected chi connectivity index (χ2v) is 4.37. The van der Waals surface area contributed by atoms with Crippen LogP contribution in [0.1, 0.15) is 51.4 Å². The van der Waals surface area contributed by atoms with E-state index in [-0.39, 0.29) is 0 Å². The molecule has 2 rings (SSSR count). The van der Waals surface area contributed by atoms with Gasteiger partial charge in [-0.2, -0.15) is 0 Å². The summed E-state index contributed by atoms with van der Waals surface area (Å²) in [6.07, 6.45) is 10.00. The second-order valence-electron chi connectivity index (χ2n) is 4.37. The molecule has 0 radical (unpaired) electrons. The minimum Gasteiger partial charge on any atom is -0.299 e. The highest BCUT2D eigenvalue weighted by Crippen LogP contribution is 2.34. The van der Waals surface area contributed by atoms with Crippen molar-refractivity contribution in [1.29, 1.82) is 0 Å². The number of carbonyl (C=O) groups is 1. The van der Waals surface area contributed by atoms with E-state index in [1.165, 1.54) is 51.4 Å². The molecule has 0 aliphatic heterocycles. The molecule has 0 atom stereocenters. The highest BCUT2D eigenvalue weighted by molar-refractivity contribution is 5.84. The molecule has 12 heavy (non-hydrogen) atoms. The third kappa shape index (κ3) is 1.55. The molecule has 68 valence electrons. The van der Waals surface area contributed by atoms with Crippen molar-refractivity contribution in [2.45, 2.75) is 51.4 Å². The van der Waals surface area contributed by atoms with Crippen molar-refractivity contribution in [2.24, 2.45) is 11.8 Å². The Labute approximate surface area is 74.5 Å². The molecule has 0 aromatic carbocycles. The van der Waals surface area contributed by atoms with Crippen LogP contribution in [0.5, 0.6) is 0 Å². The van der Waals surface area contributed by atoms with Crippen LogP contribution in [-0.4, -0.2) is 5.78 Å². The average molecular weight is 166 g/mol. The summed E-state index contributed by atoms with van der Waals surface area (Å²) in [6, 6.07) is 0. The summed E-state index contributed by atoms with van der Waals surface area (Å²) in [5.74, 6) is 1.55. The van der Waals surface area contributed by atoms with Gasteiger partial charge < -0.3 is 0 Å². The number of hydrogen-bond acceptors (Lipinski definition) is 1. The van der Waals surface area contributed by atoms with E-state index in [1.54, 1.807) is 0 Å². The van der Waals surface area contributed by atoms with Gasteiger partial charge in [0.05, 0.1) is 0 Å². The Morgan fingerprint density at radius 1 is 0.750 bits per heavy atom. The predicted octanol–water partition coefficient (Wildman–Crippen LogP) is 2.94. The molecule has 2 aliphatic carbocycles. The normalized spacial score (nSPS) is 26.7. The molecule has 0 N–H and O–H groups in total. The van der Waals surface area contributed by atoms with Crippen molar-refractivity contribution >= 4 is 5.78 Å². The van der Waals surface area contributed by atoms with Gasteiger partial charge in [-0.25, -0.2) is 0 Å². The fraction of sp³-hybridized carbons (Fsp3) is 0.909. The molecule has 0 aromatic heterocycles. The van der Waals surface area contributed by atoms with Crippen molar-refractivity contribution in [2.75, 3.05) is 0 Å². The molecule has 0 saturated heterocycles. The fourth-order valence-corrected chi connectivity index (χ4v) is 2.41. The molecule has 0 spiro atoms. The van der Waals surface area contributed by atoms with Crippen LogP contribution in [0, 0.1) is 11.8 Å². The molecule has 0 aromatic rings. The van der Waals surface area contributed by atoms with Gasteiger partial charge in [-0.15, -0.1) is 0 Å². The van der Waals surface area contributed by atoms with Gasteiger partial charge in [0.1, 0.15) is 5.78 Å². The Morgan fingerprint density at radius 3 is 1.67 bits per heavy atom. The van der Waals surface area contributed by atoms with E-state index < -0.39 is 0 Å². The first-order valence-corrected chi connectivity index (χ1v) is 5.41. The maximum Gasteiger partial charge on any atom is 0.139 e. The van der Waals surface area contributed by atoms with Crippen LogP contribution in [-0.2, 0) is 4.79 Å². The predicted molar refractivity (Wildman–Crippen MR) is 48.9 cm³/mol. The molecule has 2 saturated carbocycles. The minimum atomic E-state index is 0.462. The van der Waals surface area contributed by atoms with E-state index in [0.29, 0.717) is 17.6 Å². The van der Waals surface area contributed by atoms with Crippen molar-refractivity contribution < 1.29 is 4.79 Å². The molecule has 1 nitrogen and oxygen atoms in total. The number of rotatable bonds is 2. The topological polar surface area (TPSA) is 17.1 Å². The summed E-state index contributed by atoms with van der Waals surface area (Å²) in [7, 11) is 0. The van der Waals surface area contributed by atoms with Crippen LogP contribution in [0.15, 0.2) is 0 Å². The van der Waals surface area contributed by atoms with Crippen molar-refractivity contribution in [3.8, 4) is 0 Å². The lowest BCUT2D eigenvalue weighted by Gasteiger charge is -2.30. The van der Waals surface area contributed by atoms with Crippen LogP contribution in [0.3, 0.4) is 0 Å². The van der Waals surface area contributed by atoms with Gasteiger partial charge in [0.2, 0.25) is 0 Å². The molecule has 1 heteroatoms. The summed E-state index contributed by atoms with van der Waals surface area (Å²) in [4.78, 5) is 11.8. The monoisotopic (exact) mass is 166 g/mol. The van der Waals surface area contributed by atoms with Gasteiger partial charge in [-0.3, -0.25) is 4.79 Å². The summed E-state index contributed by atoms with van der Waals surface area (Å²) in [5.41, 5.74) is 0. The lowest BCUT2D eigenvalue weighted by Crippen LogP contribution is -2.29. The second kappa shape index (κ2) is 3.59. The molecule has 2 aliphatic rings. The maximum absolute atomic E-state index is 11.8. The third-order valence-corrected chi connectivity index (χ3v) is 3.52. The zero-order valence-electron chi connectivity index (χ0n) is 7.72. The van der Waals surface area contributed by atoms with E-state index in [1.807, 2.05) is 0 Å². The highest BCUT2D eigenvalue weighted by atomic mass is 16.1. The van der Waals surface area contributed by atoms with Crippen LogP contribution in [0.4, 0.5) is 0 Å². The summed E-state index contributed by atoms with van der Waals surface area (Å²) in [5, 5.41) is 0. The molecule has 0 amide bonds. The SMILES string of the molecule is O=C(C1CCCCC1)C1CCC1. The Morgan fingerprint density at radius 2 is 1.25 bits per heavy atom. The van der Waals surface area contributed by atoms with Crippen LogP contribution in [0.2, 0.25) is 0 Å². The van der Waals surface area contributed by atoms with E-state index in [4.69, 9.17) is 0 Å². The Balaban J connectivity index is 1.84. The smallest absolute Gasteiger partial charge is 0.139 e. The average Bonchev–Trinajstić information content (AvgIpc) is 2.03. The maximum atomic E-state index is 11.8. The van der Waals surface area contributed by atoms with Crippen molar-refractivity contribution in [3.05, 3.63) is 0 Å². The Hall–Kier alpha value is -0.330. The summed E-state index contributed by atoms with van der Waals surface area (Å²) >= 11 is 0. The molecule has 2 fully saturated rings. The van der Waals surface area contributed by atoms with Crippen molar-refractivity contribution in [1.82, 2.24) is 0 Å². The molecule has 0 bridgehead atoms. The van der Waals surface area contributed by atoms with E-state index in [0.717, 1.165) is 0 Å². The van der Waals surface area contributed by atoms with E-state index >= 15 is 0 Å². The molecular weight excluding hydrogens is 148 g/mol. The first kappa shape index (κ1) is 8.28. The number of carbonyl (C=O) groups excluding carboxylic acids is 1. The van der Waals surface area contributed by atoms with Gasteiger partial charge >= 0.3 is 0 Å². The Bertz CT molecular complexity index is 164. The number of hydrogen-bond donors (Lipinski definition) is 0. The zero-order chi connectivity index (χ0) is 8.39. The number of ketones is 1. The van der Waals surface area contributed by atoms with Gasteiger partial charge in [-0.1, -0.05) is 25.7 Å². The van der Waals surface area contributed by atoms with Crippen molar-refractivity contribution in [3.63, 3.8) is 0 Å². The van der Waals surface area contributed by atoms with Crippen LogP contribution < -0.4 is 0 Å². The van der Waals surface area contributed by atoms with Gasteiger partial charge in [0.15, 0.2) is 0 Å². The first-order valence-electron chi connectivity index (χ1n) is 5.41.